The molecular formula is C6H14N2OS. The smallest absolute Gasteiger partial charge is 0.237 e. The fourth-order valence-corrected chi connectivity index (χ4v) is 1.08. The minimum absolute atomic E-state index is 0.0139. The second-order valence-electron chi connectivity index (χ2n) is 2.24. The van der Waals surface area contributed by atoms with Crippen molar-refractivity contribution >= 4 is 17.7 Å². The number of hydrogen-bond donors (Lipinski definition) is 2. The first-order chi connectivity index (χ1) is 4.63. The number of carbonyl (C=O) groups excluding carboxylic acids is 1. The van der Waals surface area contributed by atoms with Crippen LogP contribution in [0.4, 0.5) is 0 Å². The van der Waals surface area contributed by atoms with Gasteiger partial charge in [0.15, 0.2) is 0 Å². The lowest BCUT2D eigenvalue weighted by Gasteiger charge is -2.14. The second kappa shape index (κ2) is 4.57. The van der Waals surface area contributed by atoms with E-state index < -0.39 is 0 Å². The van der Waals surface area contributed by atoms with Crippen molar-refractivity contribution in [3.05, 3.63) is 0 Å². The van der Waals surface area contributed by atoms with Crippen LogP contribution in [0, 0.1) is 5.92 Å². The minimum atomic E-state index is -0.0955. The minimum Gasteiger partial charge on any atom is -0.294 e. The summed E-state index contributed by atoms with van der Waals surface area (Å²) in [4.78, 5) is 10.9. The molecule has 0 radical (unpaired) electrons. The standard InChI is InChI=1S/C6H14N2OS/c1-4(5(2)10-3)6(9)8-7/h4-5H,7H2,1-3H3,(H,8,9). The summed E-state index contributed by atoms with van der Waals surface area (Å²) in [5.74, 6) is 4.85. The van der Waals surface area contributed by atoms with Crippen molar-refractivity contribution in [1.29, 1.82) is 0 Å². The number of carbonyl (C=O) groups is 1. The zero-order valence-electron chi connectivity index (χ0n) is 6.55. The lowest BCUT2D eigenvalue weighted by molar-refractivity contribution is -0.124. The van der Waals surface area contributed by atoms with E-state index in [2.05, 4.69) is 5.43 Å². The highest BCUT2D eigenvalue weighted by molar-refractivity contribution is 7.99. The van der Waals surface area contributed by atoms with Crippen LogP contribution in [0.5, 0.6) is 0 Å². The summed E-state index contributed by atoms with van der Waals surface area (Å²) in [5.41, 5.74) is 2.13. The molecule has 2 atom stereocenters. The van der Waals surface area contributed by atoms with Gasteiger partial charge in [0.25, 0.3) is 0 Å². The molecule has 3 nitrogen and oxygen atoms in total. The van der Waals surface area contributed by atoms with E-state index in [0.717, 1.165) is 0 Å². The molecule has 0 fully saturated rings. The van der Waals surface area contributed by atoms with Gasteiger partial charge in [0, 0.05) is 11.2 Å². The maximum atomic E-state index is 10.9. The van der Waals surface area contributed by atoms with Crippen molar-refractivity contribution in [3.8, 4) is 0 Å². The topological polar surface area (TPSA) is 55.1 Å². The molecule has 0 saturated heterocycles. The number of nitrogens with two attached hydrogens (primary N) is 1. The van der Waals surface area contributed by atoms with Gasteiger partial charge >= 0.3 is 0 Å². The Balaban J connectivity index is 3.81. The molecular weight excluding hydrogens is 148 g/mol. The average molecular weight is 162 g/mol. The molecule has 0 aliphatic heterocycles. The first-order valence-electron chi connectivity index (χ1n) is 3.16. The van der Waals surface area contributed by atoms with E-state index in [1.807, 2.05) is 20.1 Å². The molecule has 0 saturated carbocycles. The zero-order chi connectivity index (χ0) is 8.15. The summed E-state index contributed by atoms with van der Waals surface area (Å²) in [7, 11) is 0. The number of nitrogens with one attached hydrogen (secondary N) is 1. The molecule has 0 aliphatic carbocycles. The lowest BCUT2D eigenvalue weighted by Crippen LogP contribution is -2.37. The zero-order valence-corrected chi connectivity index (χ0v) is 7.37. The Kier molecular flexibility index (Phi) is 4.47. The van der Waals surface area contributed by atoms with E-state index in [1.54, 1.807) is 11.8 Å². The van der Waals surface area contributed by atoms with E-state index in [-0.39, 0.29) is 11.8 Å². The third-order valence-electron chi connectivity index (χ3n) is 1.63. The molecule has 0 aromatic carbocycles. The lowest BCUT2D eigenvalue weighted by atomic mass is 10.1. The molecule has 0 rings (SSSR count). The summed E-state index contributed by atoms with van der Waals surface area (Å²) in [6.07, 6.45) is 1.98. The highest BCUT2D eigenvalue weighted by Gasteiger charge is 2.17. The highest BCUT2D eigenvalue weighted by Crippen LogP contribution is 2.15. The molecule has 0 heterocycles. The van der Waals surface area contributed by atoms with Gasteiger partial charge in [-0.2, -0.15) is 11.8 Å². The predicted molar refractivity (Wildman–Crippen MR) is 44.5 cm³/mol. The van der Waals surface area contributed by atoms with Gasteiger partial charge in [-0.3, -0.25) is 10.2 Å². The average Bonchev–Trinajstić information content (AvgIpc) is 2.00. The quantitative estimate of drug-likeness (QED) is 0.358. The summed E-state index contributed by atoms with van der Waals surface area (Å²) < 4.78 is 0. The van der Waals surface area contributed by atoms with Gasteiger partial charge in [-0.1, -0.05) is 13.8 Å². The summed E-state index contributed by atoms with van der Waals surface area (Å²) in [6, 6.07) is 0. The predicted octanol–water partition coefficient (Wildman–Crippen LogP) is 0.364. The molecule has 10 heavy (non-hydrogen) atoms. The Labute approximate surface area is 65.7 Å². The Bertz CT molecular complexity index is 118. The maximum Gasteiger partial charge on any atom is 0.237 e. The normalized spacial score (nSPS) is 16.0. The van der Waals surface area contributed by atoms with Crippen LogP contribution in [0.2, 0.25) is 0 Å². The van der Waals surface area contributed by atoms with Gasteiger partial charge in [-0.15, -0.1) is 0 Å². The molecule has 2 unspecified atom stereocenters. The number of hydrogen-bond acceptors (Lipinski definition) is 3. The van der Waals surface area contributed by atoms with Gasteiger partial charge in [-0.05, 0) is 6.26 Å². The van der Waals surface area contributed by atoms with E-state index in [4.69, 9.17) is 5.84 Å². The van der Waals surface area contributed by atoms with Crippen LogP contribution in [0.1, 0.15) is 13.8 Å². The second-order valence-corrected chi connectivity index (χ2v) is 3.45. The maximum absolute atomic E-state index is 10.9. The van der Waals surface area contributed by atoms with Crippen LogP contribution in [-0.2, 0) is 4.79 Å². The van der Waals surface area contributed by atoms with E-state index in [0.29, 0.717) is 5.25 Å². The summed E-state index contributed by atoms with van der Waals surface area (Å²) in [5, 5.41) is 0.323. The van der Waals surface area contributed by atoms with E-state index in [9.17, 15) is 4.79 Å². The molecule has 60 valence electrons. The Hall–Kier alpha value is -0.220. The van der Waals surface area contributed by atoms with Crippen molar-refractivity contribution < 1.29 is 4.79 Å². The highest BCUT2D eigenvalue weighted by atomic mass is 32.2. The van der Waals surface area contributed by atoms with Crippen LogP contribution in [0.25, 0.3) is 0 Å². The molecule has 0 aromatic heterocycles. The first kappa shape index (κ1) is 9.78. The van der Waals surface area contributed by atoms with Crippen LogP contribution >= 0.6 is 11.8 Å². The van der Waals surface area contributed by atoms with Crippen molar-refractivity contribution in [2.24, 2.45) is 11.8 Å². The summed E-state index contributed by atoms with van der Waals surface area (Å²) >= 11 is 1.66. The molecule has 0 aromatic rings. The number of amides is 1. The van der Waals surface area contributed by atoms with E-state index in [1.165, 1.54) is 0 Å². The van der Waals surface area contributed by atoms with Crippen LogP contribution in [0.3, 0.4) is 0 Å². The fourth-order valence-electron chi connectivity index (χ4n) is 0.549. The Morgan fingerprint density at radius 1 is 1.60 bits per heavy atom. The number of rotatable bonds is 3. The Morgan fingerprint density at radius 3 is 2.40 bits per heavy atom. The van der Waals surface area contributed by atoms with Gasteiger partial charge in [0.1, 0.15) is 0 Å². The van der Waals surface area contributed by atoms with Crippen molar-refractivity contribution in [2.45, 2.75) is 19.1 Å². The van der Waals surface area contributed by atoms with Crippen LogP contribution in [0.15, 0.2) is 0 Å². The SMILES string of the molecule is CSC(C)C(C)C(=O)NN. The van der Waals surface area contributed by atoms with Gasteiger partial charge in [-0.25, -0.2) is 5.84 Å². The van der Waals surface area contributed by atoms with Crippen molar-refractivity contribution in [2.75, 3.05) is 6.26 Å². The number of thioether (sulfide) groups is 1. The third kappa shape index (κ3) is 2.58. The van der Waals surface area contributed by atoms with E-state index >= 15 is 0 Å². The largest absolute Gasteiger partial charge is 0.294 e. The van der Waals surface area contributed by atoms with Crippen LogP contribution in [-0.4, -0.2) is 17.4 Å². The van der Waals surface area contributed by atoms with Gasteiger partial charge < -0.3 is 0 Å². The number of hydrazine groups is 1. The van der Waals surface area contributed by atoms with Crippen molar-refractivity contribution in [3.63, 3.8) is 0 Å². The molecule has 0 bridgehead atoms. The molecule has 3 N–H and O–H groups in total. The molecule has 4 heteroatoms. The third-order valence-corrected chi connectivity index (χ3v) is 2.78. The first-order valence-corrected chi connectivity index (χ1v) is 4.45. The van der Waals surface area contributed by atoms with Crippen LogP contribution < -0.4 is 11.3 Å². The van der Waals surface area contributed by atoms with Crippen molar-refractivity contribution in [1.82, 2.24) is 5.43 Å². The monoisotopic (exact) mass is 162 g/mol. The Morgan fingerprint density at radius 2 is 2.10 bits per heavy atom. The van der Waals surface area contributed by atoms with Gasteiger partial charge in [0.05, 0.1) is 0 Å². The summed E-state index contributed by atoms with van der Waals surface area (Å²) in [6.45, 7) is 3.87. The van der Waals surface area contributed by atoms with Gasteiger partial charge in [0.2, 0.25) is 5.91 Å². The molecule has 1 amide bonds. The molecule has 0 spiro atoms. The molecule has 0 aliphatic rings. The fraction of sp³-hybridized carbons (Fsp3) is 0.833.